The van der Waals surface area contributed by atoms with Crippen molar-refractivity contribution in [3.8, 4) is 22.5 Å². The third-order valence-electron chi connectivity index (χ3n) is 4.29. The molecule has 0 radical (unpaired) electrons. The second-order valence-electron chi connectivity index (χ2n) is 6.37. The summed E-state index contributed by atoms with van der Waals surface area (Å²) in [5.74, 6) is 0.519. The van der Waals surface area contributed by atoms with Gasteiger partial charge in [0, 0.05) is 17.2 Å². The highest BCUT2D eigenvalue weighted by atomic mass is 15.0. The maximum atomic E-state index is 4.63. The van der Waals surface area contributed by atoms with Crippen LogP contribution in [0.2, 0.25) is 0 Å². The average Bonchev–Trinajstić information content (AvgIpc) is 2.56. The van der Waals surface area contributed by atoms with Crippen LogP contribution in [0.1, 0.15) is 30.9 Å². The van der Waals surface area contributed by atoms with Crippen LogP contribution in [0.4, 0.5) is 0 Å². The van der Waals surface area contributed by atoms with Gasteiger partial charge in [0.15, 0.2) is 5.69 Å². The highest BCUT2D eigenvalue weighted by Gasteiger charge is 2.14. The second-order valence-corrected chi connectivity index (χ2v) is 6.37. The van der Waals surface area contributed by atoms with E-state index in [4.69, 9.17) is 0 Å². The van der Waals surface area contributed by atoms with Crippen molar-refractivity contribution < 1.29 is 4.57 Å². The van der Waals surface area contributed by atoms with Gasteiger partial charge in [-0.2, -0.15) is 0 Å². The minimum absolute atomic E-state index is 0.519. The quantitative estimate of drug-likeness (QED) is 0.642. The number of hydrogen-bond acceptors (Lipinski definition) is 1. The lowest BCUT2D eigenvalue weighted by Gasteiger charge is -2.08. The minimum Gasteiger partial charge on any atom is -0.232 e. The second kappa shape index (κ2) is 6.33. The molecule has 0 bridgehead atoms. The molecule has 0 fully saturated rings. The van der Waals surface area contributed by atoms with Crippen LogP contribution in [0.25, 0.3) is 22.5 Å². The molecular formula is C21H23N2+. The Morgan fingerprint density at radius 3 is 2.48 bits per heavy atom. The van der Waals surface area contributed by atoms with Crippen LogP contribution in [-0.4, -0.2) is 4.98 Å². The molecule has 0 aliphatic carbocycles. The lowest BCUT2D eigenvalue weighted by Crippen LogP contribution is -2.31. The SMILES string of the molecule is Cc1ccccc1-c1cc(-c2cccc(C(C)C)c2)nc[n+]1C. The Balaban J connectivity index is 2.11. The topological polar surface area (TPSA) is 16.8 Å². The fourth-order valence-electron chi connectivity index (χ4n) is 2.82. The zero-order valence-electron chi connectivity index (χ0n) is 14.2. The highest BCUT2D eigenvalue weighted by molar-refractivity contribution is 5.68. The Bertz CT molecular complexity index is 835. The number of aryl methyl sites for hydroxylation is 2. The third-order valence-corrected chi connectivity index (χ3v) is 4.29. The van der Waals surface area contributed by atoms with E-state index in [1.165, 1.54) is 27.9 Å². The van der Waals surface area contributed by atoms with Gasteiger partial charge < -0.3 is 0 Å². The first kappa shape index (κ1) is 15.4. The Morgan fingerprint density at radius 1 is 0.957 bits per heavy atom. The largest absolute Gasteiger partial charge is 0.287 e. The Morgan fingerprint density at radius 2 is 1.74 bits per heavy atom. The molecule has 0 unspecified atom stereocenters. The van der Waals surface area contributed by atoms with Crippen LogP contribution in [0.5, 0.6) is 0 Å². The maximum Gasteiger partial charge on any atom is 0.287 e. The van der Waals surface area contributed by atoms with Gasteiger partial charge >= 0.3 is 0 Å². The van der Waals surface area contributed by atoms with E-state index in [2.05, 4.69) is 84.9 Å². The summed E-state index contributed by atoms with van der Waals surface area (Å²) >= 11 is 0. The van der Waals surface area contributed by atoms with E-state index in [0.29, 0.717) is 5.92 Å². The van der Waals surface area contributed by atoms with Crippen LogP contribution in [0.3, 0.4) is 0 Å². The highest BCUT2D eigenvalue weighted by Crippen LogP contribution is 2.26. The molecule has 116 valence electrons. The summed E-state index contributed by atoms with van der Waals surface area (Å²) in [7, 11) is 2.04. The molecule has 2 nitrogen and oxygen atoms in total. The van der Waals surface area contributed by atoms with Crippen molar-refractivity contribution >= 4 is 0 Å². The summed E-state index contributed by atoms with van der Waals surface area (Å²) in [6.07, 6.45) is 1.90. The summed E-state index contributed by atoms with van der Waals surface area (Å²) < 4.78 is 2.08. The summed E-state index contributed by atoms with van der Waals surface area (Å²) in [6, 6.07) is 19.3. The summed E-state index contributed by atoms with van der Waals surface area (Å²) in [5, 5.41) is 0. The van der Waals surface area contributed by atoms with Crippen LogP contribution < -0.4 is 4.57 Å². The van der Waals surface area contributed by atoms with E-state index >= 15 is 0 Å². The van der Waals surface area contributed by atoms with Gasteiger partial charge in [0.25, 0.3) is 6.33 Å². The normalized spacial score (nSPS) is 11.0. The fraction of sp³-hybridized carbons (Fsp3) is 0.238. The van der Waals surface area contributed by atoms with Crippen molar-refractivity contribution in [1.82, 2.24) is 4.98 Å². The predicted molar refractivity (Wildman–Crippen MR) is 95.1 cm³/mol. The Kier molecular flexibility index (Phi) is 4.24. The van der Waals surface area contributed by atoms with Crippen molar-refractivity contribution in [2.45, 2.75) is 26.7 Å². The molecule has 0 aliphatic rings. The van der Waals surface area contributed by atoms with Gasteiger partial charge in [-0.05, 0) is 35.0 Å². The number of benzene rings is 2. The molecule has 0 amide bonds. The van der Waals surface area contributed by atoms with Crippen molar-refractivity contribution in [1.29, 1.82) is 0 Å². The molecule has 0 atom stereocenters. The van der Waals surface area contributed by atoms with Gasteiger partial charge in [0.2, 0.25) is 0 Å². The smallest absolute Gasteiger partial charge is 0.232 e. The first-order valence-corrected chi connectivity index (χ1v) is 8.08. The van der Waals surface area contributed by atoms with Crippen LogP contribution in [0.15, 0.2) is 60.9 Å². The molecule has 0 aliphatic heterocycles. The first-order chi connectivity index (χ1) is 11.1. The molecule has 23 heavy (non-hydrogen) atoms. The molecule has 1 aromatic heterocycles. The summed E-state index contributed by atoms with van der Waals surface area (Å²) in [5.41, 5.74) is 7.24. The fourth-order valence-corrected chi connectivity index (χ4v) is 2.82. The molecule has 3 aromatic rings. The van der Waals surface area contributed by atoms with Crippen molar-refractivity contribution in [3.63, 3.8) is 0 Å². The van der Waals surface area contributed by atoms with Gasteiger partial charge in [-0.1, -0.05) is 56.3 Å². The van der Waals surface area contributed by atoms with Gasteiger partial charge in [0.05, 0.1) is 7.05 Å². The van der Waals surface area contributed by atoms with E-state index in [1.54, 1.807) is 0 Å². The van der Waals surface area contributed by atoms with Crippen LogP contribution in [0, 0.1) is 6.92 Å². The monoisotopic (exact) mass is 303 g/mol. The number of nitrogens with zero attached hydrogens (tertiary/aromatic N) is 2. The first-order valence-electron chi connectivity index (χ1n) is 8.08. The molecule has 2 heteroatoms. The number of aromatic nitrogens is 2. The average molecular weight is 303 g/mol. The van der Waals surface area contributed by atoms with Crippen LogP contribution >= 0.6 is 0 Å². The zero-order valence-corrected chi connectivity index (χ0v) is 14.2. The van der Waals surface area contributed by atoms with E-state index in [1.807, 2.05) is 13.4 Å². The third kappa shape index (κ3) is 3.16. The molecule has 0 N–H and O–H groups in total. The van der Waals surface area contributed by atoms with Crippen molar-refractivity contribution in [3.05, 3.63) is 72.1 Å². The van der Waals surface area contributed by atoms with E-state index in [9.17, 15) is 0 Å². The Labute approximate surface area is 138 Å². The molecule has 2 aromatic carbocycles. The van der Waals surface area contributed by atoms with Gasteiger partial charge in [0.1, 0.15) is 5.69 Å². The maximum absolute atomic E-state index is 4.63. The molecule has 0 saturated carbocycles. The lowest BCUT2D eigenvalue weighted by atomic mass is 9.98. The van der Waals surface area contributed by atoms with Crippen LogP contribution in [-0.2, 0) is 7.05 Å². The predicted octanol–water partition coefficient (Wildman–Crippen LogP) is 4.67. The number of rotatable bonds is 3. The molecule has 0 spiro atoms. The zero-order chi connectivity index (χ0) is 16.4. The molecule has 3 rings (SSSR count). The van der Waals surface area contributed by atoms with Gasteiger partial charge in [-0.3, -0.25) is 0 Å². The number of hydrogen-bond donors (Lipinski definition) is 0. The van der Waals surface area contributed by atoms with E-state index in [-0.39, 0.29) is 0 Å². The summed E-state index contributed by atoms with van der Waals surface area (Å²) in [6.45, 7) is 6.58. The molecular weight excluding hydrogens is 280 g/mol. The summed E-state index contributed by atoms with van der Waals surface area (Å²) in [4.78, 5) is 4.63. The molecule has 1 heterocycles. The van der Waals surface area contributed by atoms with E-state index in [0.717, 1.165) is 5.69 Å². The standard InChI is InChI=1S/C21H23N2/c1-15(2)17-9-7-10-18(12-17)20-13-21(23(4)14-22-20)19-11-6-5-8-16(19)3/h5-15H,1-4H3/q+1. The minimum atomic E-state index is 0.519. The van der Waals surface area contributed by atoms with Gasteiger partial charge in [-0.15, -0.1) is 0 Å². The lowest BCUT2D eigenvalue weighted by molar-refractivity contribution is -0.663. The van der Waals surface area contributed by atoms with Crippen molar-refractivity contribution in [2.75, 3.05) is 0 Å². The van der Waals surface area contributed by atoms with Crippen molar-refractivity contribution in [2.24, 2.45) is 7.05 Å². The molecule has 0 saturated heterocycles. The van der Waals surface area contributed by atoms with E-state index < -0.39 is 0 Å². The Hall–Kier alpha value is -2.48. The van der Waals surface area contributed by atoms with Gasteiger partial charge in [-0.25, -0.2) is 4.57 Å².